The molecule has 7 heteroatoms. The van der Waals surface area contributed by atoms with Crippen molar-refractivity contribution in [3.63, 3.8) is 0 Å². The van der Waals surface area contributed by atoms with Crippen molar-refractivity contribution in [1.29, 1.82) is 0 Å². The molecule has 0 aliphatic carbocycles. The fourth-order valence-electron chi connectivity index (χ4n) is 2.24. The molecule has 0 radical (unpaired) electrons. The smallest absolute Gasteiger partial charge is 0.331 e. The van der Waals surface area contributed by atoms with Crippen LogP contribution >= 0.6 is 11.8 Å². The van der Waals surface area contributed by atoms with Crippen LogP contribution in [0.15, 0.2) is 87.8 Å². The van der Waals surface area contributed by atoms with E-state index >= 15 is 0 Å². The highest BCUT2D eigenvalue weighted by atomic mass is 32.2. The van der Waals surface area contributed by atoms with Gasteiger partial charge in [0, 0.05) is 12.3 Å². The number of nitrogens with zero attached hydrogens (tertiary/aromatic N) is 3. The van der Waals surface area contributed by atoms with Gasteiger partial charge in [0.25, 0.3) is 5.91 Å². The lowest BCUT2D eigenvalue weighted by molar-refractivity contribution is -0.135. The van der Waals surface area contributed by atoms with Gasteiger partial charge < -0.3 is 4.74 Å². The second-order valence-corrected chi connectivity index (χ2v) is 6.52. The van der Waals surface area contributed by atoms with Gasteiger partial charge in [0.1, 0.15) is 0 Å². The molecule has 1 fully saturated rings. The maximum Gasteiger partial charge on any atom is 0.331 e. The average molecular weight is 391 g/mol. The standard InChI is InChI=1S/C21H17N3O3S/c1-27-19(25)15-18-20(26)24(21(28-18)23-17-12-6-3-7-13-17)22-14-8-11-16-9-4-2-5-10-16/h2-15H,1H3/b11-8+,18-15-,22-14+,23-21?. The molecule has 3 rings (SSSR count). The lowest BCUT2D eigenvalue weighted by Crippen LogP contribution is -2.23. The fraction of sp³-hybridized carbons (Fsp3) is 0.0476. The van der Waals surface area contributed by atoms with Crippen LogP contribution in [0.25, 0.3) is 6.08 Å². The third-order valence-corrected chi connectivity index (χ3v) is 4.53. The third-order valence-electron chi connectivity index (χ3n) is 3.57. The van der Waals surface area contributed by atoms with E-state index in [2.05, 4.69) is 14.8 Å². The Morgan fingerprint density at radius 1 is 1.07 bits per heavy atom. The summed E-state index contributed by atoms with van der Waals surface area (Å²) in [4.78, 5) is 28.8. The number of hydrogen-bond donors (Lipinski definition) is 0. The van der Waals surface area contributed by atoms with Crippen LogP contribution in [-0.2, 0) is 14.3 Å². The predicted octanol–water partition coefficient (Wildman–Crippen LogP) is 4.01. The molecule has 1 amide bonds. The van der Waals surface area contributed by atoms with Gasteiger partial charge in [-0.1, -0.05) is 54.6 Å². The third kappa shape index (κ3) is 5.05. The molecule has 28 heavy (non-hydrogen) atoms. The number of hydrogen-bond acceptors (Lipinski definition) is 6. The first-order valence-electron chi connectivity index (χ1n) is 8.39. The van der Waals surface area contributed by atoms with Crippen molar-refractivity contribution in [3.8, 4) is 0 Å². The van der Waals surface area contributed by atoms with Crippen LogP contribution in [-0.4, -0.2) is 35.4 Å². The number of amides is 1. The van der Waals surface area contributed by atoms with Gasteiger partial charge in [0.15, 0.2) is 5.17 Å². The second-order valence-electron chi connectivity index (χ2n) is 5.52. The number of thioether (sulfide) groups is 1. The number of methoxy groups -OCH3 is 1. The molecule has 140 valence electrons. The first-order valence-corrected chi connectivity index (χ1v) is 9.20. The molecule has 0 atom stereocenters. The molecule has 1 saturated heterocycles. The van der Waals surface area contributed by atoms with Gasteiger partial charge in [-0.05, 0) is 35.5 Å². The van der Waals surface area contributed by atoms with Gasteiger partial charge in [-0.2, -0.15) is 10.1 Å². The maximum atomic E-state index is 12.6. The summed E-state index contributed by atoms with van der Waals surface area (Å²) in [5, 5.41) is 5.73. The molecule has 0 unspecified atom stereocenters. The number of carbonyl (C=O) groups is 2. The molecule has 2 aromatic rings. The number of esters is 1. The van der Waals surface area contributed by atoms with Gasteiger partial charge in [-0.25, -0.2) is 9.79 Å². The summed E-state index contributed by atoms with van der Waals surface area (Å²) in [6.45, 7) is 0. The number of hydrazone groups is 1. The number of allylic oxidation sites excluding steroid dienone is 1. The maximum absolute atomic E-state index is 12.6. The quantitative estimate of drug-likeness (QED) is 0.439. The zero-order valence-corrected chi connectivity index (χ0v) is 15.9. The van der Waals surface area contributed by atoms with Crippen LogP contribution in [0.3, 0.4) is 0 Å². The Balaban J connectivity index is 1.85. The highest BCUT2D eigenvalue weighted by Crippen LogP contribution is 2.32. The molecule has 0 N–H and O–H groups in total. The van der Waals surface area contributed by atoms with E-state index in [-0.39, 0.29) is 4.91 Å². The normalized spacial score (nSPS) is 17.3. The largest absolute Gasteiger partial charge is 0.466 e. The molecule has 0 aromatic heterocycles. The van der Waals surface area contributed by atoms with E-state index in [0.717, 1.165) is 23.4 Å². The zero-order chi connectivity index (χ0) is 19.8. The molecule has 1 aliphatic heterocycles. The van der Waals surface area contributed by atoms with E-state index in [0.29, 0.717) is 10.9 Å². The van der Waals surface area contributed by atoms with E-state index < -0.39 is 11.9 Å². The Morgan fingerprint density at radius 2 is 1.75 bits per heavy atom. The minimum absolute atomic E-state index is 0.200. The van der Waals surface area contributed by atoms with Crippen LogP contribution in [0.5, 0.6) is 0 Å². The molecule has 2 aromatic carbocycles. The molecule has 0 saturated carbocycles. The summed E-state index contributed by atoms with van der Waals surface area (Å²) in [7, 11) is 1.26. The van der Waals surface area contributed by atoms with Gasteiger partial charge in [0.2, 0.25) is 0 Å². The number of para-hydroxylation sites is 1. The molecule has 1 aliphatic rings. The van der Waals surface area contributed by atoms with Gasteiger partial charge in [0.05, 0.1) is 17.7 Å². The van der Waals surface area contributed by atoms with Crippen LogP contribution < -0.4 is 0 Å². The molecule has 0 spiro atoms. The monoisotopic (exact) mass is 391 g/mol. The number of ether oxygens (including phenoxy) is 1. The lowest BCUT2D eigenvalue weighted by Gasteiger charge is -2.07. The lowest BCUT2D eigenvalue weighted by atomic mass is 10.2. The average Bonchev–Trinajstić information content (AvgIpc) is 3.01. The summed E-state index contributed by atoms with van der Waals surface area (Å²) in [5.74, 6) is -1.04. The van der Waals surface area contributed by atoms with E-state index in [1.165, 1.54) is 18.3 Å². The van der Waals surface area contributed by atoms with E-state index in [9.17, 15) is 9.59 Å². The zero-order valence-electron chi connectivity index (χ0n) is 15.1. The number of amidine groups is 1. The first-order chi connectivity index (χ1) is 13.7. The van der Waals surface area contributed by atoms with Crippen LogP contribution in [0, 0.1) is 0 Å². The highest BCUT2D eigenvalue weighted by Gasteiger charge is 2.34. The Morgan fingerprint density at radius 3 is 2.43 bits per heavy atom. The highest BCUT2D eigenvalue weighted by molar-refractivity contribution is 8.18. The van der Waals surface area contributed by atoms with Crippen LogP contribution in [0.4, 0.5) is 5.69 Å². The Hall–Kier alpha value is -3.45. The molecule has 6 nitrogen and oxygen atoms in total. The summed E-state index contributed by atoms with van der Waals surface area (Å²) in [5.41, 5.74) is 1.69. The molecular weight excluding hydrogens is 374 g/mol. The molecule has 0 bridgehead atoms. The van der Waals surface area contributed by atoms with E-state index in [4.69, 9.17) is 0 Å². The van der Waals surface area contributed by atoms with Crippen molar-refractivity contribution in [3.05, 3.63) is 83.3 Å². The number of carbonyl (C=O) groups excluding carboxylic acids is 2. The minimum Gasteiger partial charge on any atom is -0.466 e. The summed E-state index contributed by atoms with van der Waals surface area (Å²) < 4.78 is 4.61. The Labute approximate surface area is 166 Å². The van der Waals surface area contributed by atoms with Crippen molar-refractivity contribution in [2.24, 2.45) is 10.1 Å². The SMILES string of the molecule is COC(=O)/C=C1\SC(=Nc2ccccc2)N(/N=C/C=C/c2ccccc2)C1=O. The Kier molecular flexibility index (Phi) is 6.54. The summed E-state index contributed by atoms with van der Waals surface area (Å²) in [6, 6.07) is 18.9. The van der Waals surface area contributed by atoms with Gasteiger partial charge in [-0.3, -0.25) is 4.79 Å². The number of aliphatic imine (C=N–C) groups is 1. The number of benzene rings is 2. The summed E-state index contributed by atoms with van der Waals surface area (Å²) in [6.07, 6.45) is 6.25. The van der Waals surface area contributed by atoms with Crippen molar-refractivity contribution in [1.82, 2.24) is 5.01 Å². The van der Waals surface area contributed by atoms with Crippen molar-refractivity contribution < 1.29 is 14.3 Å². The molecular formula is C21H17N3O3S. The Bertz CT molecular complexity index is 967. The second kappa shape index (κ2) is 9.48. The molecule has 1 heterocycles. The van der Waals surface area contributed by atoms with Crippen molar-refractivity contribution in [2.75, 3.05) is 7.11 Å². The van der Waals surface area contributed by atoms with Crippen molar-refractivity contribution in [2.45, 2.75) is 0 Å². The predicted molar refractivity (Wildman–Crippen MR) is 112 cm³/mol. The van der Waals surface area contributed by atoms with Crippen molar-refractivity contribution >= 4 is 46.8 Å². The van der Waals surface area contributed by atoms with E-state index in [1.807, 2.05) is 66.7 Å². The minimum atomic E-state index is -0.607. The van der Waals surface area contributed by atoms with Gasteiger partial charge in [-0.15, -0.1) is 0 Å². The summed E-state index contributed by atoms with van der Waals surface area (Å²) >= 11 is 1.07. The van der Waals surface area contributed by atoms with Gasteiger partial charge >= 0.3 is 5.97 Å². The number of rotatable bonds is 5. The first kappa shape index (κ1) is 19.3. The van der Waals surface area contributed by atoms with E-state index in [1.54, 1.807) is 6.08 Å². The topological polar surface area (TPSA) is 71.3 Å². The fourth-order valence-corrected chi connectivity index (χ4v) is 3.14. The van der Waals surface area contributed by atoms with Crippen LogP contribution in [0.2, 0.25) is 0 Å². The van der Waals surface area contributed by atoms with Crippen LogP contribution in [0.1, 0.15) is 5.56 Å².